The highest BCUT2D eigenvalue weighted by atomic mass is 32.2. The first-order valence-corrected chi connectivity index (χ1v) is 11.6. The summed E-state index contributed by atoms with van der Waals surface area (Å²) >= 11 is 0. The maximum atomic E-state index is 12.9. The zero-order chi connectivity index (χ0) is 21.9. The molecule has 4 nitrogen and oxygen atoms in total. The van der Waals surface area contributed by atoms with Crippen LogP contribution in [0.4, 0.5) is 13.2 Å². The summed E-state index contributed by atoms with van der Waals surface area (Å²) in [6.07, 6.45) is -3.76. The third-order valence-corrected chi connectivity index (χ3v) is 6.93. The number of sulfone groups is 1. The van der Waals surface area contributed by atoms with Crippen LogP contribution in [0.1, 0.15) is 31.4 Å². The number of hydrogen-bond acceptors (Lipinski definition) is 4. The van der Waals surface area contributed by atoms with Crippen molar-refractivity contribution in [2.75, 3.05) is 18.8 Å². The van der Waals surface area contributed by atoms with E-state index in [9.17, 15) is 21.6 Å². The van der Waals surface area contributed by atoms with E-state index >= 15 is 0 Å². The standard InChI is InChI=1S/C22H26F3NO3S/c1-16(2)29-20-8-6-17(7-9-20)13-26-11-10-18(14-26)15-30(27,28)21-5-3-4-19(12-21)22(23,24)25/h3-9,12,16,18H,10-11,13-15H2,1-2H3/t18-/m1/s1. The Balaban J connectivity index is 1.59. The van der Waals surface area contributed by atoms with Crippen LogP contribution in [0.2, 0.25) is 0 Å². The zero-order valence-corrected chi connectivity index (χ0v) is 17.8. The first kappa shape index (κ1) is 22.6. The summed E-state index contributed by atoms with van der Waals surface area (Å²) in [5.41, 5.74) is 0.161. The van der Waals surface area contributed by atoms with E-state index in [0.29, 0.717) is 19.5 Å². The van der Waals surface area contributed by atoms with Gasteiger partial charge in [-0.3, -0.25) is 4.90 Å². The summed E-state index contributed by atoms with van der Waals surface area (Å²) in [5, 5.41) is 0. The van der Waals surface area contributed by atoms with Gasteiger partial charge in [0.15, 0.2) is 9.84 Å². The van der Waals surface area contributed by atoms with Crippen molar-refractivity contribution in [3.63, 3.8) is 0 Å². The van der Waals surface area contributed by atoms with E-state index < -0.39 is 21.6 Å². The van der Waals surface area contributed by atoms with Gasteiger partial charge in [-0.15, -0.1) is 0 Å². The van der Waals surface area contributed by atoms with Crippen LogP contribution < -0.4 is 4.74 Å². The monoisotopic (exact) mass is 441 g/mol. The van der Waals surface area contributed by atoms with E-state index in [1.807, 2.05) is 38.1 Å². The van der Waals surface area contributed by atoms with Gasteiger partial charge in [0.25, 0.3) is 0 Å². The molecular formula is C22H26F3NO3S. The molecule has 1 heterocycles. The Kier molecular flexibility index (Phi) is 6.77. The molecule has 0 bridgehead atoms. The van der Waals surface area contributed by atoms with Crippen LogP contribution in [0.3, 0.4) is 0 Å². The number of rotatable bonds is 7. The van der Waals surface area contributed by atoms with Crippen molar-refractivity contribution in [2.45, 2.75) is 44.0 Å². The molecule has 0 spiro atoms. The highest BCUT2D eigenvalue weighted by Crippen LogP contribution is 2.31. The van der Waals surface area contributed by atoms with Crippen LogP contribution in [-0.4, -0.2) is 38.3 Å². The van der Waals surface area contributed by atoms with Crippen LogP contribution in [0, 0.1) is 5.92 Å². The Labute approximate surface area is 175 Å². The molecule has 0 N–H and O–H groups in total. The fourth-order valence-corrected chi connectivity index (χ4v) is 5.35. The summed E-state index contributed by atoms with van der Waals surface area (Å²) in [6.45, 7) is 5.98. The molecule has 1 saturated heterocycles. The van der Waals surface area contributed by atoms with E-state index in [2.05, 4.69) is 4.90 Å². The normalized spacial score (nSPS) is 18.1. The molecule has 2 aromatic carbocycles. The minimum absolute atomic E-state index is 0.104. The van der Waals surface area contributed by atoms with Gasteiger partial charge in [-0.05, 0) is 68.6 Å². The fourth-order valence-electron chi connectivity index (χ4n) is 3.67. The van der Waals surface area contributed by atoms with E-state index in [4.69, 9.17) is 4.74 Å². The minimum atomic E-state index is -4.56. The maximum absolute atomic E-state index is 12.9. The van der Waals surface area contributed by atoms with Gasteiger partial charge in [-0.2, -0.15) is 13.2 Å². The third kappa shape index (κ3) is 5.98. The van der Waals surface area contributed by atoms with Gasteiger partial charge in [-0.1, -0.05) is 18.2 Å². The lowest BCUT2D eigenvalue weighted by atomic mass is 10.1. The zero-order valence-electron chi connectivity index (χ0n) is 17.0. The molecule has 1 aliphatic heterocycles. The molecule has 0 unspecified atom stereocenters. The lowest BCUT2D eigenvalue weighted by Crippen LogP contribution is -2.23. The van der Waals surface area contributed by atoms with E-state index in [0.717, 1.165) is 36.1 Å². The molecule has 0 aliphatic carbocycles. The van der Waals surface area contributed by atoms with Gasteiger partial charge in [0.05, 0.1) is 22.3 Å². The quantitative estimate of drug-likeness (QED) is 0.620. The van der Waals surface area contributed by atoms with Crippen molar-refractivity contribution in [2.24, 2.45) is 5.92 Å². The summed E-state index contributed by atoms with van der Waals surface area (Å²) in [6, 6.07) is 11.8. The molecule has 1 fully saturated rings. The molecule has 0 amide bonds. The van der Waals surface area contributed by atoms with Gasteiger partial charge in [0, 0.05) is 13.1 Å². The molecule has 0 aromatic heterocycles. The fraction of sp³-hybridized carbons (Fsp3) is 0.455. The largest absolute Gasteiger partial charge is 0.491 e. The second-order valence-corrected chi connectivity index (χ2v) is 10.0. The van der Waals surface area contributed by atoms with Crippen molar-refractivity contribution in [3.8, 4) is 5.75 Å². The van der Waals surface area contributed by atoms with Crippen LogP contribution in [0.15, 0.2) is 53.4 Å². The minimum Gasteiger partial charge on any atom is -0.491 e. The molecule has 30 heavy (non-hydrogen) atoms. The predicted molar refractivity (Wildman–Crippen MR) is 109 cm³/mol. The highest BCUT2D eigenvalue weighted by Gasteiger charge is 2.33. The molecule has 0 radical (unpaired) electrons. The third-order valence-electron chi connectivity index (χ3n) is 5.05. The summed E-state index contributed by atoms with van der Waals surface area (Å²) in [4.78, 5) is 1.90. The van der Waals surface area contributed by atoms with Crippen molar-refractivity contribution in [1.82, 2.24) is 4.90 Å². The van der Waals surface area contributed by atoms with Crippen molar-refractivity contribution >= 4 is 9.84 Å². The smallest absolute Gasteiger partial charge is 0.416 e. The van der Waals surface area contributed by atoms with Crippen LogP contribution in [-0.2, 0) is 22.6 Å². The predicted octanol–water partition coefficient (Wildman–Crippen LogP) is 4.79. The molecule has 3 rings (SSSR count). The number of benzene rings is 2. The molecule has 0 saturated carbocycles. The molecule has 2 aromatic rings. The summed E-state index contributed by atoms with van der Waals surface area (Å²) < 4.78 is 69.6. The Bertz CT molecular complexity index is 956. The van der Waals surface area contributed by atoms with Gasteiger partial charge in [-0.25, -0.2) is 8.42 Å². The van der Waals surface area contributed by atoms with Gasteiger partial charge >= 0.3 is 6.18 Å². The molecule has 1 atom stereocenters. The highest BCUT2D eigenvalue weighted by molar-refractivity contribution is 7.91. The Hall–Kier alpha value is -2.06. The van der Waals surface area contributed by atoms with Gasteiger partial charge in [0.2, 0.25) is 0 Å². The van der Waals surface area contributed by atoms with Crippen molar-refractivity contribution in [1.29, 1.82) is 0 Å². The van der Waals surface area contributed by atoms with Crippen LogP contribution >= 0.6 is 0 Å². The molecule has 164 valence electrons. The average molecular weight is 442 g/mol. The van der Waals surface area contributed by atoms with E-state index in [1.54, 1.807) is 0 Å². The second kappa shape index (κ2) is 8.98. The molecule has 8 heteroatoms. The second-order valence-electron chi connectivity index (χ2n) is 8.01. The number of likely N-dealkylation sites (tertiary alicyclic amines) is 1. The first-order valence-electron chi connectivity index (χ1n) is 9.91. The topological polar surface area (TPSA) is 46.6 Å². The number of halogens is 3. The molecular weight excluding hydrogens is 415 g/mol. The number of alkyl halides is 3. The summed E-state index contributed by atoms with van der Waals surface area (Å²) in [7, 11) is -3.78. The van der Waals surface area contributed by atoms with Crippen LogP contribution in [0.5, 0.6) is 5.75 Å². The Morgan fingerprint density at radius 2 is 1.83 bits per heavy atom. The average Bonchev–Trinajstić information content (AvgIpc) is 3.08. The van der Waals surface area contributed by atoms with Gasteiger partial charge in [0.1, 0.15) is 5.75 Å². The van der Waals surface area contributed by atoms with E-state index in [1.165, 1.54) is 6.07 Å². The Morgan fingerprint density at radius 1 is 1.13 bits per heavy atom. The number of ether oxygens (including phenoxy) is 1. The first-order chi connectivity index (χ1) is 14.0. The van der Waals surface area contributed by atoms with Gasteiger partial charge < -0.3 is 4.74 Å². The maximum Gasteiger partial charge on any atom is 0.416 e. The number of hydrogen-bond donors (Lipinski definition) is 0. The lowest BCUT2D eigenvalue weighted by molar-refractivity contribution is -0.137. The number of nitrogens with zero attached hydrogens (tertiary/aromatic N) is 1. The summed E-state index contributed by atoms with van der Waals surface area (Å²) in [5.74, 6) is 0.555. The van der Waals surface area contributed by atoms with Crippen molar-refractivity contribution in [3.05, 3.63) is 59.7 Å². The van der Waals surface area contributed by atoms with E-state index in [-0.39, 0.29) is 22.7 Å². The SMILES string of the molecule is CC(C)Oc1ccc(CN2CC[C@@H](CS(=O)(=O)c3cccc(C(F)(F)F)c3)C2)cc1. The van der Waals surface area contributed by atoms with Crippen LogP contribution in [0.25, 0.3) is 0 Å². The lowest BCUT2D eigenvalue weighted by Gasteiger charge is -2.17. The Morgan fingerprint density at radius 3 is 2.47 bits per heavy atom. The van der Waals surface area contributed by atoms with Crippen molar-refractivity contribution < 1.29 is 26.3 Å². The molecule has 1 aliphatic rings.